The van der Waals surface area contributed by atoms with Crippen LogP contribution in [-0.4, -0.2) is 38.8 Å². The van der Waals surface area contributed by atoms with E-state index in [1.54, 1.807) is 12.1 Å². The zero-order chi connectivity index (χ0) is 16.8. The molecule has 0 aliphatic rings. The van der Waals surface area contributed by atoms with Gasteiger partial charge < -0.3 is 9.84 Å². The van der Waals surface area contributed by atoms with Gasteiger partial charge in [0.1, 0.15) is 0 Å². The van der Waals surface area contributed by atoms with E-state index in [4.69, 9.17) is 8.92 Å². The van der Waals surface area contributed by atoms with E-state index >= 15 is 0 Å². The van der Waals surface area contributed by atoms with Gasteiger partial charge in [-0.15, -0.1) is 0 Å². The second kappa shape index (κ2) is 8.26. The minimum atomic E-state index is -3.95. The van der Waals surface area contributed by atoms with Crippen molar-refractivity contribution in [3.63, 3.8) is 0 Å². The number of benzene rings is 1. The molecule has 1 atom stereocenters. The van der Waals surface area contributed by atoms with Gasteiger partial charge >= 0.3 is 5.97 Å². The number of carbonyl (C=O) groups is 1. The van der Waals surface area contributed by atoms with Gasteiger partial charge in [0.2, 0.25) is 0 Å². The predicted octanol–water partition coefficient (Wildman–Crippen LogP) is 1.65. The molecule has 0 heterocycles. The van der Waals surface area contributed by atoms with Crippen molar-refractivity contribution in [2.45, 2.75) is 38.2 Å². The standard InChI is InChI=1S/C15H22O6S/c1-11(2)9-20-15(17)8-13(16)10-21-22(18,19)14-6-4-12(3)5-7-14/h4-7,11,13,16H,8-10H2,1-3H3/t13-/m1/s1. The largest absolute Gasteiger partial charge is 0.465 e. The van der Waals surface area contributed by atoms with E-state index < -0.39 is 28.8 Å². The first-order valence-corrected chi connectivity index (χ1v) is 8.41. The molecule has 0 aliphatic carbocycles. The summed E-state index contributed by atoms with van der Waals surface area (Å²) in [7, 11) is -3.95. The minimum Gasteiger partial charge on any atom is -0.465 e. The molecular formula is C15H22O6S. The Morgan fingerprint density at radius 1 is 1.18 bits per heavy atom. The van der Waals surface area contributed by atoms with Crippen molar-refractivity contribution in [1.82, 2.24) is 0 Å². The van der Waals surface area contributed by atoms with Gasteiger partial charge in [0.15, 0.2) is 0 Å². The molecule has 124 valence electrons. The lowest BCUT2D eigenvalue weighted by molar-refractivity contribution is -0.147. The lowest BCUT2D eigenvalue weighted by atomic mass is 10.2. The Kier molecular flexibility index (Phi) is 6.99. The summed E-state index contributed by atoms with van der Waals surface area (Å²) in [6.07, 6.45) is -1.55. The third-order valence-electron chi connectivity index (χ3n) is 2.71. The summed E-state index contributed by atoms with van der Waals surface area (Å²) in [6.45, 7) is 5.38. The van der Waals surface area contributed by atoms with Crippen molar-refractivity contribution in [1.29, 1.82) is 0 Å². The second-order valence-corrected chi connectivity index (χ2v) is 7.10. The van der Waals surface area contributed by atoms with Crippen molar-refractivity contribution in [3.8, 4) is 0 Å². The highest BCUT2D eigenvalue weighted by Gasteiger charge is 2.19. The summed E-state index contributed by atoms with van der Waals surface area (Å²) < 4.78 is 33.5. The van der Waals surface area contributed by atoms with Gasteiger partial charge in [-0.05, 0) is 25.0 Å². The number of hydrogen-bond acceptors (Lipinski definition) is 6. The van der Waals surface area contributed by atoms with Gasteiger partial charge in [0.05, 0.1) is 30.6 Å². The molecule has 7 heteroatoms. The zero-order valence-electron chi connectivity index (χ0n) is 13.0. The number of aliphatic hydroxyl groups is 1. The Labute approximate surface area is 131 Å². The Balaban J connectivity index is 2.47. The number of hydrogen-bond donors (Lipinski definition) is 1. The first kappa shape index (κ1) is 18.6. The Bertz CT molecular complexity index is 577. The van der Waals surface area contributed by atoms with E-state index in [9.17, 15) is 18.3 Å². The topological polar surface area (TPSA) is 89.9 Å². The van der Waals surface area contributed by atoms with Crippen LogP contribution in [0.4, 0.5) is 0 Å². The van der Waals surface area contributed by atoms with Crippen LogP contribution in [-0.2, 0) is 23.8 Å². The molecule has 6 nitrogen and oxygen atoms in total. The maximum Gasteiger partial charge on any atom is 0.308 e. The monoisotopic (exact) mass is 330 g/mol. The smallest absolute Gasteiger partial charge is 0.308 e. The van der Waals surface area contributed by atoms with Crippen LogP contribution < -0.4 is 0 Å². The van der Waals surface area contributed by atoms with Crippen LogP contribution in [0.1, 0.15) is 25.8 Å². The predicted molar refractivity (Wildman–Crippen MR) is 80.7 cm³/mol. The lowest BCUT2D eigenvalue weighted by Gasteiger charge is -2.12. The maximum atomic E-state index is 11.9. The third kappa shape index (κ3) is 6.55. The summed E-state index contributed by atoms with van der Waals surface area (Å²) in [5, 5.41) is 9.65. The van der Waals surface area contributed by atoms with Crippen LogP contribution in [0.15, 0.2) is 29.2 Å². The second-order valence-electron chi connectivity index (χ2n) is 5.49. The van der Waals surface area contributed by atoms with Gasteiger partial charge in [0.25, 0.3) is 10.1 Å². The van der Waals surface area contributed by atoms with Gasteiger partial charge in [-0.1, -0.05) is 31.5 Å². The van der Waals surface area contributed by atoms with Crippen molar-refractivity contribution in [2.24, 2.45) is 5.92 Å². The Morgan fingerprint density at radius 3 is 2.32 bits per heavy atom. The van der Waals surface area contributed by atoms with E-state index in [0.29, 0.717) is 0 Å². The first-order chi connectivity index (χ1) is 10.2. The molecule has 0 unspecified atom stereocenters. The molecule has 0 aliphatic heterocycles. The van der Waals surface area contributed by atoms with Crippen LogP contribution >= 0.6 is 0 Å². The number of esters is 1. The molecule has 0 saturated carbocycles. The van der Waals surface area contributed by atoms with E-state index in [1.807, 2.05) is 20.8 Å². The molecule has 1 rings (SSSR count). The summed E-state index contributed by atoms with van der Waals surface area (Å²) in [6, 6.07) is 6.15. The van der Waals surface area contributed by atoms with Crippen LogP contribution in [0.2, 0.25) is 0 Å². The minimum absolute atomic E-state index is 0.00712. The van der Waals surface area contributed by atoms with Crippen LogP contribution in [0.3, 0.4) is 0 Å². The summed E-state index contributed by atoms with van der Waals surface area (Å²) in [4.78, 5) is 11.4. The van der Waals surface area contributed by atoms with Crippen molar-refractivity contribution < 1.29 is 27.2 Å². The molecule has 1 N–H and O–H groups in total. The molecular weight excluding hydrogens is 308 g/mol. The maximum absolute atomic E-state index is 11.9. The summed E-state index contributed by atoms with van der Waals surface area (Å²) in [5.41, 5.74) is 0.923. The number of aryl methyl sites for hydroxylation is 1. The van der Waals surface area contributed by atoms with Gasteiger partial charge in [-0.25, -0.2) is 0 Å². The van der Waals surface area contributed by atoms with Crippen molar-refractivity contribution in [2.75, 3.05) is 13.2 Å². The van der Waals surface area contributed by atoms with Crippen LogP contribution in [0, 0.1) is 12.8 Å². The molecule has 0 fully saturated rings. The molecule has 0 spiro atoms. The number of aliphatic hydroxyl groups excluding tert-OH is 1. The fraction of sp³-hybridized carbons (Fsp3) is 0.533. The molecule has 22 heavy (non-hydrogen) atoms. The molecule has 0 bridgehead atoms. The number of ether oxygens (including phenoxy) is 1. The highest BCUT2D eigenvalue weighted by molar-refractivity contribution is 7.86. The van der Waals surface area contributed by atoms with E-state index in [2.05, 4.69) is 0 Å². The average molecular weight is 330 g/mol. The fourth-order valence-corrected chi connectivity index (χ4v) is 2.45. The normalized spacial score (nSPS) is 13.1. The van der Waals surface area contributed by atoms with Gasteiger partial charge in [-0.2, -0.15) is 8.42 Å². The summed E-state index contributed by atoms with van der Waals surface area (Å²) >= 11 is 0. The first-order valence-electron chi connectivity index (χ1n) is 7.00. The number of carbonyl (C=O) groups excluding carboxylic acids is 1. The Morgan fingerprint density at radius 2 is 1.77 bits per heavy atom. The zero-order valence-corrected chi connectivity index (χ0v) is 13.8. The molecule has 0 saturated heterocycles. The third-order valence-corrected chi connectivity index (χ3v) is 4.00. The highest BCUT2D eigenvalue weighted by Crippen LogP contribution is 2.14. The quantitative estimate of drug-likeness (QED) is 0.576. The Hall–Kier alpha value is -1.44. The van der Waals surface area contributed by atoms with Crippen molar-refractivity contribution in [3.05, 3.63) is 29.8 Å². The van der Waals surface area contributed by atoms with Gasteiger partial charge in [-0.3, -0.25) is 8.98 Å². The molecule has 0 radical (unpaired) electrons. The summed E-state index contributed by atoms with van der Waals surface area (Å²) in [5.74, 6) is -0.392. The van der Waals surface area contributed by atoms with Gasteiger partial charge in [0, 0.05) is 0 Å². The molecule has 1 aromatic rings. The SMILES string of the molecule is Cc1ccc(S(=O)(=O)OC[C@H](O)CC(=O)OCC(C)C)cc1. The molecule has 1 aromatic carbocycles. The van der Waals surface area contributed by atoms with Crippen LogP contribution in [0.5, 0.6) is 0 Å². The fourth-order valence-electron chi connectivity index (χ4n) is 1.51. The highest BCUT2D eigenvalue weighted by atomic mass is 32.2. The van der Waals surface area contributed by atoms with E-state index in [1.165, 1.54) is 12.1 Å². The van der Waals surface area contributed by atoms with E-state index in [0.717, 1.165) is 5.56 Å². The number of rotatable bonds is 8. The molecule has 0 amide bonds. The van der Waals surface area contributed by atoms with Crippen molar-refractivity contribution >= 4 is 16.1 Å². The van der Waals surface area contributed by atoms with Crippen LogP contribution in [0.25, 0.3) is 0 Å². The molecule has 0 aromatic heterocycles. The average Bonchev–Trinajstić information content (AvgIpc) is 2.43. The lowest BCUT2D eigenvalue weighted by Crippen LogP contribution is -2.23. The van der Waals surface area contributed by atoms with E-state index in [-0.39, 0.29) is 23.8 Å².